The molecule has 0 rings (SSSR count). The molecule has 5 nitrogen and oxygen atoms in total. The van der Waals surface area contributed by atoms with Crippen molar-refractivity contribution in [3.8, 4) is 0 Å². The summed E-state index contributed by atoms with van der Waals surface area (Å²) < 4.78 is 80.5. The molecule has 0 aliphatic rings. The summed E-state index contributed by atoms with van der Waals surface area (Å²) in [6, 6.07) is 0. The van der Waals surface area contributed by atoms with Crippen LogP contribution >= 0.6 is 0 Å². The average Bonchev–Trinajstić information content (AvgIpc) is 1.80. The first-order valence-electron chi connectivity index (χ1n) is 2.82. The van der Waals surface area contributed by atoms with Crippen LogP contribution < -0.4 is 0 Å². The van der Waals surface area contributed by atoms with Crippen LogP contribution in [0.25, 0.3) is 0 Å². The number of carbonyl (C=O) groups excluding carboxylic acids is 1. The van der Waals surface area contributed by atoms with Crippen LogP contribution in [0.5, 0.6) is 0 Å². The van der Waals surface area contributed by atoms with Crippen LogP contribution in [0.3, 0.4) is 0 Å². The lowest BCUT2D eigenvalue weighted by Crippen LogP contribution is -2.49. The van der Waals surface area contributed by atoms with Crippen molar-refractivity contribution < 1.29 is 40.1 Å². The topological polar surface area (TPSA) is 83.5 Å². The summed E-state index contributed by atoms with van der Waals surface area (Å²) in [6.45, 7) is 0.349. The van der Waals surface area contributed by atoms with E-state index >= 15 is 0 Å². The minimum Gasteiger partial charge on any atom is -0.743 e. The van der Waals surface area contributed by atoms with E-state index in [2.05, 4.69) is 4.74 Å². The summed E-state index contributed by atoms with van der Waals surface area (Å²) >= 11 is 0. The Labute approximate surface area is 75.4 Å². The van der Waals surface area contributed by atoms with Crippen LogP contribution in [0, 0.1) is 0 Å². The van der Waals surface area contributed by atoms with Crippen molar-refractivity contribution >= 4 is 16.1 Å². The maximum Gasteiger partial charge on any atom is 0.481 e. The van der Waals surface area contributed by atoms with Gasteiger partial charge in [-0.15, -0.1) is 0 Å². The van der Waals surface area contributed by atoms with Gasteiger partial charge in [0.15, 0.2) is 10.1 Å². The zero-order chi connectivity index (χ0) is 11.8. The molecule has 0 spiro atoms. The van der Waals surface area contributed by atoms with E-state index < -0.39 is 27.5 Å². The van der Waals surface area contributed by atoms with Gasteiger partial charge in [-0.05, 0) is 0 Å². The number of ether oxygens (including phenoxy) is 1. The molecule has 0 aromatic heterocycles. The second-order valence-electron chi connectivity index (χ2n) is 2.08. The van der Waals surface area contributed by atoms with E-state index in [-0.39, 0.29) is 0 Å². The summed E-state index contributed by atoms with van der Waals surface area (Å²) in [7, 11) is -6.62. The Morgan fingerprint density at radius 1 is 1.29 bits per heavy atom. The SMILES string of the molecule is CC(=O)OC(F)(F)C(F)(F)S(=O)(=O)[O-]. The van der Waals surface area contributed by atoms with E-state index in [1.807, 2.05) is 0 Å². The Morgan fingerprint density at radius 3 is 1.86 bits per heavy atom. The molecule has 10 heteroatoms. The van der Waals surface area contributed by atoms with Gasteiger partial charge in [-0.2, -0.15) is 17.6 Å². The minimum absolute atomic E-state index is 0.349. The van der Waals surface area contributed by atoms with Crippen molar-refractivity contribution in [3.05, 3.63) is 0 Å². The number of carbonyl (C=O) groups is 1. The van der Waals surface area contributed by atoms with Crippen molar-refractivity contribution in [1.82, 2.24) is 0 Å². The molecule has 0 aromatic carbocycles. The predicted octanol–water partition coefficient (Wildman–Crippen LogP) is 0.280. The van der Waals surface area contributed by atoms with Gasteiger partial charge in [-0.3, -0.25) is 4.79 Å². The quantitative estimate of drug-likeness (QED) is 0.401. The molecule has 0 fully saturated rings. The smallest absolute Gasteiger partial charge is 0.481 e. The number of rotatable bonds is 3. The Balaban J connectivity index is 5.18. The predicted molar refractivity (Wildman–Crippen MR) is 31.4 cm³/mol. The van der Waals surface area contributed by atoms with E-state index in [0.29, 0.717) is 6.92 Å². The Hall–Kier alpha value is -0.900. The lowest BCUT2D eigenvalue weighted by molar-refractivity contribution is -0.301. The molecule has 0 saturated carbocycles. The summed E-state index contributed by atoms with van der Waals surface area (Å²) in [5.41, 5.74) is 0. The molecule has 0 saturated heterocycles. The molecule has 0 aliphatic carbocycles. The van der Waals surface area contributed by atoms with Gasteiger partial charge >= 0.3 is 17.3 Å². The number of alkyl halides is 4. The maximum absolute atomic E-state index is 12.2. The van der Waals surface area contributed by atoms with Gasteiger partial charge in [0.25, 0.3) is 0 Å². The second kappa shape index (κ2) is 3.35. The van der Waals surface area contributed by atoms with Gasteiger partial charge in [0.2, 0.25) is 0 Å². The summed E-state index contributed by atoms with van der Waals surface area (Å²) in [4.78, 5) is 9.90. The Kier molecular flexibility index (Phi) is 3.13. The molecule has 0 amide bonds. The highest BCUT2D eigenvalue weighted by Gasteiger charge is 2.65. The van der Waals surface area contributed by atoms with E-state index in [1.165, 1.54) is 0 Å². The molecule has 0 bridgehead atoms. The average molecular weight is 239 g/mol. The van der Waals surface area contributed by atoms with E-state index in [9.17, 15) is 35.3 Å². The second-order valence-corrected chi connectivity index (χ2v) is 3.50. The molecular formula is C4H3F4O5S-. The first-order valence-corrected chi connectivity index (χ1v) is 4.23. The van der Waals surface area contributed by atoms with Gasteiger partial charge in [-0.1, -0.05) is 0 Å². The fraction of sp³-hybridized carbons (Fsp3) is 0.750. The molecule has 0 radical (unpaired) electrons. The number of hydrogen-bond donors (Lipinski definition) is 0. The largest absolute Gasteiger partial charge is 0.743 e. The van der Waals surface area contributed by atoms with Gasteiger partial charge in [0, 0.05) is 6.92 Å². The molecule has 0 N–H and O–H groups in total. The molecular weight excluding hydrogens is 236 g/mol. The first-order chi connectivity index (χ1) is 5.92. The third-order valence-corrected chi connectivity index (χ3v) is 1.79. The van der Waals surface area contributed by atoms with E-state index in [1.54, 1.807) is 0 Å². The summed E-state index contributed by atoms with van der Waals surface area (Å²) in [6.07, 6.45) is -5.68. The summed E-state index contributed by atoms with van der Waals surface area (Å²) in [5.74, 6) is -1.85. The minimum atomic E-state index is -6.62. The summed E-state index contributed by atoms with van der Waals surface area (Å²) in [5, 5.41) is -5.99. The fourth-order valence-corrected chi connectivity index (χ4v) is 0.718. The van der Waals surface area contributed by atoms with Crippen LogP contribution in [0.15, 0.2) is 0 Å². The van der Waals surface area contributed by atoms with E-state index in [0.717, 1.165) is 0 Å². The van der Waals surface area contributed by atoms with Crippen LogP contribution in [0.2, 0.25) is 0 Å². The van der Waals surface area contributed by atoms with Crippen LogP contribution in [0.1, 0.15) is 6.92 Å². The molecule has 0 atom stereocenters. The number of hydrogen-bond acceptors (Lipinski definition) is 5. The zero-order valence-electron chi connectivity index (χ0n) is 6.46. The standard InChI is InChI=1S/C4H4F4O5S/c1-2(9)13-3(5,6)4(7,8)14(10,11)12/h1H3,(H,10,11,12)/p-1. The van der Waals surface area contributed by atoms with Gasteiger partial charge in [0.05, 0.1) is 0 Å². The Morgan fingerprint density at radius 2 is 1.64 bits per heavy atom. The van der Waals surface area contributed by atoms with Gasteiger partial charge in [0.1, 0.15) is 0 Å². The molecule has 0 aliphatic heterocycles. The third kappa shape index (κ3) is 2.32. The monoisotopic (exact) mass is 239 g/mol. The highest BCUT2D eigenvalue weighted by Crippen LogP contribution is 2.38. The lowest BCUT2D eigenvalue weighted by atomic mass is 10.6. The van der Waals surface area contributed by atoms with Crippen molar-refractivity contribution in [2.45, 2.75) is 18.3 Å². The van der Waals surface area contributed by atoms with Crippen molar-refractivity contribution in [1.29, 1.82) is 0 Å². The van der Waals surface area contributed by atoms with Crippen LogP contribution in [-0.2, 0) is 19.6 Å². The first kappa shape index (κ1) is 13.1. The maximum atomic E-state index is 12.2. The van der Waals surface area contributed by atoms with Gasteiger partial charge < -0.3 is 9.29 Å². The highest BCUT2D eigenvalue weighted by atomic mass is 32.2. The van der Waals surface area contributed by atoms with Crippen molar-refractivity contribution in [3.63, 3.8) is 0 Å². The Bertz CT molecular complexity index is 334. The lowest BCUT2D eigenvalue weighted by Gasteiger charge is -2.26. The van der Waals surface area contributed by atoms with Gasteiger partial charge in [-0.25, -0.2) is 8.42 Å². The van der Waals surface area contributed by atoms with Crippen molar-refractivity contribution in [2.24, 2.45) is 0 Å². The molecule has 0 unspecified atom stereocenters. The van der Waals surface area contributed by atoms with E-state index in [4.69, 9.17) is 0 Å². The normalized spacial score (nSPS) is 13.9. The van der Waals surface area contributed by atoms with Crippen LogP contribution in [-0.4, -0.2) is 30.3 Å². The number of halogens is 4. The molecule has 14 heavy (non-hydrogen) atoms. The molecule has 84 valence electrons. The van der Waals surface area contributed by atoms with Crippen molar-refractivity contribution in [2.75, 3.05) is 0 Å². The van der Waals surface area contributed by atoms with Crippen LogP contribution in [0.4, 0.5) is 17.6 Å². The molecule has 0 aromatic rings. The highest BCUT2D eigenvalue weighted by molar-refractivity contribution is 7.86. The molecule has 0 heterocycles. The fourth-order valence-electron chi connectivity index (χ4n) is 0.385. The number of esters is 1. The third-order valence-electron chi connectivity index (χ3n) is 0.925. The zero-order valence-corrected chi connectivity index (χ0v) is 7.28.